The van der Waals surface area contributed by atoms with E-state index in [1.54, 1.807) is 28.5 Å². The van der Waals surface area contributed by atoms with Gasteiger partial charge in [0, 0.05) is 0 Å². The molecule has 8 heteroatoms. The highest BCUT2D eigenvalue weighted by Gasteiger charge is 2.17. The smallest absolute Gasteiger partial charge is 0.230 e. The van der Waals surface area contributed by atoms with Crippen LogP contribution in [0.3, 0.4) is 0 Å². The molecule has 0 spiro atoms. The van der Waals surface area contributed by atoms with Crippen LogP contribution in [0.2, 0.25) is 0 Å². The maximum atomic E-state index is 12.5. The van der Waals surface area contributed by atoms with E-state index in [1.165, 1.54) is 11.8 Å². The minimum absolute atomic E-state index is 0.0414. The number of aromatic nitrogens is 4. The Hall–Kier alpha value is -2.71. The van der Waals surface area contributed by atoms with Crippen LogP contribution >= 0.6 is 23.1 Å². The number of hydrogen-bond donors (Lipinski definition) is 1. The fraction of sp³-hybridized carbons (Fsp3) is 0.158. The van der Waals surface area contributed by atoms with Crippen LogP contribution in [0, 0.1) is 0 Å². The highest BCUT2D eigenvalue weighted by Crippen LogP contribution is 2.29. The minimum atomic E-state index is -0.193. The summed E-state index contributed by atoms with van der Waals surface area (Å²) in [7, 11) is 0. The molecule has 4 rings (SSSR count). The van der Waals surface area contributed by atoms with E-state index in [-0.39, 0.29) is 11.9 Å². The number of hydrogen-bond acceptors (Lipinski definition) is 6. The number of nitrogens with zero attached hydrogens (tertiary/aromatic N) is 4. The van der Waals surface area contributed by atoms with E-state index in [1.807, 2.05) is 54.6 Å². The lowest BCUT2D eigenvalue weighted by Crippen LogP contribution is -2.33. The van der Waals surface area contributed by atoms with Gasteiger partial charge in [-0.2, -0.15) is 15.0 Å². The molecule has 27 heavy (non-hydrogen) atoms. The molecule has 0 bridgehead atoms. The Bertz CT molecular complexity index is 984. The number of rotatable bonds is 7. The molecule has 0 unspecified atom stereocenters. The molecular formula is C19H17N5OS2. The van der Waals surface area contributed by atoms with Crippen molar-refractivity contribution in [1.29, 1.82) is 0 Å². The zero-order chi connectivity index (χ0) is 18.5. The number of amides is 1. The van der Waals surface area contributed by atoms with Crippen molar-refractivity contribution in [3.63, 3.8) is 0 Å². The van der Waals surface area contributed by atoms with Crippen molar-refractivity contribution in [1.82, 2.24) is 25.3 Å². The molecule has 0 saturated heterocycles. The van der Waals surface area contributed by atoms with Gasteiger partial charge < -0.3 is 5.32 Å². The maximum Gasteiger partial charge on any atom is 0.230 e. The van der Waals surface area contributed by atoms with Gasteiger partial charge in [-0.25, -0.2) is 4.98 Å². The largest absolute Gasteiger partial charge is 0.347 e. The fourth-order valence-corrected chi connectivity index (χ4v) is 4.58. The molecule has 2 aromatic heterocycles. The second-order valence-corrected chi connectivity index (χ2v) is 8.10. The van der Waals surface area contributed by atoms with Crippen LogP contribution in [-0.4, -0.2) is 31.6 Å². The van der Waals surface area contributed by atoms with E-state index < -0.39 is 0 Å². The van der Waals surface area contributed by atoms with Gasteiger partial charge in [0.15, 0.2) is 4.34 Å². The predicted octanol–water partition coefficient (Wildman–Crippen LogP) is 3.54. The Morgan fingerprint density at radius 3 is 2.59 bits per heavy atom. The van der Waals surface area contributed by atoms with Crippen molar-refractivity contribution in [3.8, 4) is 0 Å². The summed E-state index contributed by atoms with van der Waals surface area (Å²) in [4.78, 5) is 18.7. The number of thioether (sulfide) groups is 1. The Balaban J connectivity index is 1.41. The summed E-state index contributed by atoms with van der Waals surface area (Å²) >= 11 is 3.06. The van der Waals surface area contributed by atoms with E-state index in [4.69, 9.17) is 0 Å². The first-order chi connectivity index (χ1) is 13.3. The zero-order valence-electron chi connectivity index (χ0n) is 14.4. The minimum Gasteiger partial charge on any atom is -0.347 e. The molecule has 6 nitrogen and oxygen atoms in total. The quantitative estimate of drug-likeness (QED) is 0.485. The van der Waals surface area contributed by atoms with Crippen LogP contribution in [-0.2, 0) is 11.3 Å². The third kappa shape index (κ3) is 4.53. The third-order valence-corrected chi connectivity index (χ3v) is 6.13. The summed E-state index contributed by atoms with van der Waals surface area (Å²) in [5, 5.41) is 11.4. The Morgan fingerprint density at radius 1 is 1.07 bits per heavy atom. The fourth-order valence-electron chi connectivity index (χ4n) is 2.70. The van der Waals surface area contributed by atoms with Crippen LogP contribution in [0.1, 0.15) is 11.6 Å². The molecule has 1 amide bonds. The third-order valence-electron chi connectivity index (χ3n) is 3.95. The first-order valence-electron chi connectivity index (χ1n) is 8.45. The molecule has 1 atom stereocenters. The van der Waals surface area contributed by atoms with Gasteiger partial charge >= 0.3 is 0 Å². The summed E-state index contributed by atoms with van der Waals surface area (Å²) in [6.07, 6.45) is 3.26. The van der Waals surface area contributed by atoms with Crippen LogP contribution in [0.4, 0.5) is 0 Å². The standard InChI is InChI=1S/C19H17N5OS2/c25-18(13-26-19-23-15-8-4-5-9-17(15)27-19)22-16(12-24-20-10-11-21-24)14-6-2-1-3-7-14/h1-11,16H,12-13H2,(H,22,25)/t16-/m0/s1. The molecule has 0 aliphatic rings. The average Bonchev–Trinajstić information content (AvgIpc) is 3.36. The van der Waals surface area contributed by atoms with Crippen molar-refractivity contribution in [2.75, 3.05) is 5.75 Å². The van der Waals surface area contributed by atoms with Crippen molar-refractivity contribution in [3.05, 3.63) is 72.6 Å². The molecule has 2 heterocycles. The van der Waals surface area contributed by atoms with E-state index in [9.17, 15) is 4.79 Å². The van der Waals surface area contributed by atoms with E-state index in [2.05, 4.69) is 20.5 Å². The summed E-state index contributed by atoms with van der Waals surface area (Å²) in [6.45, 7) is 0.481. The van der Waals surface area contributed by atoms with Crippen LogP contribution < -0.4 is 5.32 Å². The molecular weight excluding hydrogens is 378 g/mol. The van der Waals surface area contributed by atoms with Gasteiger partial charge in [0.1, 0.15) is 0 Å². The highest BCUT2D eigenvalue weighted by molar-refractivity contribution is 8.01. The van der Waals surface area contributed by atoms with Gasteiger partial charge in [0.2, 0.25) is 5.91 Å². The monoisotopic (exact) mass is 395 g/mol. The normalized spacial score (nSPS) is 12.1. The summed E-state index contributed by atoms with van der Waals surface area (Å²) < 4.78 is 2.03. The predicted molar refractivity (Wildman–Crippen MR) is 108 cm³/mol. The summed E-state index contributed by atoms with van der Waals surface area (Å²) in [5.74, 6) is 0.274. The molecule has 1 N–H and O–H groups in total. The zero-order valence-corrected chi connectivity index (χ0v) is 16.0. The summed E-state index contributed by atoms with van der Waals surface area (Å²) in [6, 6.07) is 17.7. The number of thiazole rings is 1. The Morgan fingerprint density at radius 2 is 1.81 bits per heavy atom. The van der Waals surface area contributed by atoms with Crippen molar-refractivity contribution < 1.29 is 4.79 Å². The molecule has 4 aromatic rings. The lowest BCUT2D eigenvalue weighted by Gasteiger charge is -2.18. The maximum absolute atomic E-state index is 12.5. The van der Waals surface area contributed by atoms with Crippen molar-refractivity contribution >= 4 is 39.2 Å². The van der Waals surface area contributed by atoms with Gasteiger partial charge in [0.05, 0.1) is 40.9 Å². The SMILES string of the molecule is O=C(CSc1nc2ccccc2s1)N[C@@H](Cn1nccn1)c1ccccc1. The molecule has 0 fully saturated rings. The van der Waals surface area contributed by atoms with Crippen LogP contribution in [0.15, 0.2) is 71.3 Å². The van der Waals surface area contributed by atoms with Crippen molar-refractivity contribution in [2.24, 2.45) is 0 Å². The Labute approximate surface area is 164 Å². The van der Waals surface area contributed by atoms with E-state index >= 15 is 0 Å². The molecule has 2 aromatic carbocycles. The second-order valence-electron chi connectivity index (χ2n) is 5.85. The van der Waals surface area contributed by atoms with Crippen molar-refractivity contribution in [2.45, 2.75) is 16.9 Å². The average molecular weight is 396 g/mol. The second kappa shape index (κ2) is 8.32. The van der Waals surface area contributed by atoms with Gasteiger partial charge in [-0.1, -0.05) is 54.2 Å². The lowest BCUT2D eigenvalue weighted by atomic mass is 10.1. The molecule has 0 aliphatic carbocycles. The van der Waals surface area contributed by atoms with E-state index in [0.717, 1.165) is 20.1 Å². The number of carbonyl (C=O) groups excluding carboxylic acids is 1. The highest BCUT2D eigenvalue weighted by atomic mass is 32.2. The number of carbonyl (C=O) groups is 1. The topological polar surface area (TPSA) is 72.7 Å². The lowest BCUT2D eigenvalue weighted by molar-refractivity contribution is -0.119. The van der Waals surface area contributed by atoms with E-state index in [0.29, 0.717) is 12.3 Å². The molecule has 136 valence electrons. The molecule has 0 radical (unpaired) electrons. The Kier molecular flexibility index (Phi) is 5.45. The van der Waals surface area contributed by atoms with Crippen LogP contribution in [0.5, 0.6) is 0 Å². The van der Waals surface area contributed by atoms with Gasteiger partial charge in [0.25, 0.3) is 0 Å². The number of fused-ring (bicyclic) bond motifs is 1. The van der Waals surface area contributed by atoms with Crippen LogP contribution in [0.25, 0.3) is 10.2 Å². The first kappa shape index (κ1) is 17.7. The van der Waals surface area contributed by atoms with Gasteiger partial charge in [-0.15, -0.1) is 11.3 Å². The molecule has 0 aliphatic heterocycles. The first-order valence-corrected chi connectivity index (χ1v) is 10.2. The number of nitrogens with one attached hydrogen (secondary N) is 1. The summed E-state index contributed by atoms with van der Waals surface area (Å²) in [5.41, 5.74) is 1.99. The number of benzene rings is 2. The van der Waals surface area contributed by atoms with Gasteiger partial charge in [-0.3, -0.25) is 4.79 Å². The molecule has 0 saturated carbocycles. The number of para-hydroxylation sites is 1. The van der Waals surface area contributed by atoms with Gasteiger partial charge in [-0.05, 0) is 17.7 Å².